The summed E-state index contributed by atoms with van der Waals surface area (Å²) in [6.45, 7) is -1.26. The Hall–Kier alpha value is -1.51. The van der Waals surface area contributed by atoms with Crippen molar-refractivity contribution in [2.24, 2.45) is 0 Å². The van der Waals surface area contributed by atoms with Crippen molar-refractivity contribution in [1.29, 1.82) is 0 Å². The van der Waals surface area contributed by atoms with E-state index in [1.54, 1.807) is 10.6 Å². The SMILES string of the molecule is O=C(/C=C/c1c(Cl)nc2sccn12)N(CCO)CC(F)F. The van der Waals surface area contributed by atoms with E-state index in [0.29, 0.717) is 10.7 Å². The van der Waals surface area contributed by atoms with Crippen LogP contribution in [0.4, 0.5) is 8.78 Å². The predicted octanol–water partition coefficient (Wildman–Crippen LogP) is 2.15. The highest BCUT2D eigenvalue weighted by Gasteiger charge is 2.16. The van der Waals surface area contributed by atoms with Crippen molar-refractivity contribution in [2.75, 3.05) is 19.7 Å². The summed E-state index contributed by atoms with van der Waals surface area (Å²) in [6, 6.07) is 0. The number of thiazole rings is 1. The monoisotopic (exact) mass is 335 g/mol. The summed E-state index contributed by atoms with van der Waals surface area (Å²) in [5, 5.41) is 10.9. The number of carbonyl (C=O) groups excluding carboxylic acids is 1. The third-order valence-electron chi connectivity index (χ3n) is 2.68. The smallest absolute Gasteiger partial charge is 0.255 e. The Kier molecular flexibility index (Phi) is 5.27. The van der Waals surface area contributed by atoms with Crippen molar-refractivity contribution in [1.82, 2.24) is 14.3 Å². The zero-order valence-corrected chi connectivity index (χ0v) is 12.3. The molecule has 2 aromatic heterocycles. The van der Waals surface area contributed by atoms with Gasteiger partial charge in [-0.1, -0.05) is 11.6 Å². The second-order valence-corrected chi connectivity index (χ2v) is 5.31. The van der Waals surface area contributed by atoms with Crippen LogP contribution in [0, 0.1) is 0 Å². The molecule has 1 N–H and O–H groups in total. The lowest BCUT2D eigenvalue weighted by atomic mass is 10.3. The maximum atomic E-state index is 12.4. The van der Waals surface area contributed by atoms with Gasteiger partial charge in [-0.3, -0.25) is 9.20 Å². The number of aliphatic hydroxyl groups is 1. The van der Waals surface area contributed by atoms with E-state index in [-0.39, 0.29) is 18.3 Å². The van der Waals surface area contributed by atoms with Crippen molar-refractivity contribution in [3.63, 3.8) is 0 Å². The van der Waals surface area contributed by atoms with Gasteiger partial charge >= 0.3 is 0 Å². The van der Waals surface area contributed by atoms with Gasteiger partial charge in [0.25, 0.3) is 6.43 Å². The number of alkyl halides is 2. The van der Waals surface area contributed by atoms with Crippen LogP contribution in [0.3, 0.4) is 0 Å². The molecular formula is C12H12ClF2N3O2S. The molecule has 0 aromatic carbocycles. The first-order valence-corrected chi connectivity index (χ1v) is 7.25. The quantitative estimate of drug-likeness (QED) is 0.823. The first-order chi connectivity index (χ1) is 10.0. The minimum absolute atomic E-state index is 0.151. The van der Waals surface area contributed by atoms with E-state index in [9.17, 15) is 13.6 Å². The molecule has 5 nitrogen and oxygen atoms in total. The number of aliphatic hydroxyl groups excluding tert-OH is 1. The lowest BCUT2D eigenvalue weighted by molar-refractivity contribution is -0.128. The minimum atomic E-state index is -2.66. The molecule has 0 aliphatic carbocycles. The van der Waals surface area contributed by atoms with Crippen LogP contribution in [0.5, 0.6) is 0 Å². The number of hydrogen-bond acceptors (Lipinski definition) is 4. The van der Waals surface area contributed by atoms with E-state index >= 15 is 0 Å². The van der Waals surface area contributed by atoms with E-state index in [2.05, 4.69) is 4.98 Å². The van der Waals surface area contributed by atoms with Gasteiger partial charge in [0.2, 0.25) is 5.91 Å². The number of imidazole rings is 1. The number of halogens is 3. The van der Waals surface area contributed by atoms with Crippen LogP contribution in [0.1, 0.15) is 5.69 Å². The summed E-state index contributed by atoms with van der Waals surface area (Å²) in [5.74, 6) is -0.620. The van der Waals surface area contributed by atoms with Crippen LogP contribution in [0.25, 0.3) is 11.0 Å². The van der Waals surface area contributed by atoms with Gasteiger partial charge < -0.3 is 10.0 Å². The molecule has 0 aliphatic heterocycles. The van der Waals surface area contributed by atoms with Gasteiger partial charge in [0.1, 0.15) is 0 Å². The van der Waals surface area contributed by atoms with Gasteiger partial charge in [0.15, 0.2) is 10.1 Å². The van der Waals surface area contributed by atoms with E-state index in [1.807, 2.05) is 5.38 Å². The lowest BCUT2D eigenvalue weighted by Crippen LogP contribution is -2.36. The van der Waals surface area contributed by atoms with Crippen LogP contribution >= 0.6 is 22.9 Å². The van der Waals surface area contributed by atoms with Gasteiger partial charge in [-0.2, -0.15) is 0 Å². The van der Waals surface area contributed by atoms with Crippen molar-refractivity contribution in [3.8, 4) is 0 Å². The van der Waals surface area contributed by atoms with Crippen molar-refractivity contribution >= 4 is 39.9 Å². The molecule has 114 valence electrons. The van der Waals surface area contributed by atoms with Crippen LogP contribution in [-0.2, 0) is 4.79 Å². The molecule has 0 fully saturated rings. The van der Waals surface area contributed by atoms with Gasteiger partial charge in [-0.05, 0) is 6.08 Å². The van der Waals surface area contributed by atoms with Gasteiger partial charge in [0.05, 0.1) is 18.8 Å². The number of rotatable bonds is 6. The minimum Gasteiger partial charge on any atom is -0.395 e. The summed E-state index contributed by atoms with van der Waals surface area (Å²) >= 11 is 7.34. The molecule has 0 saturated carbocycles. The molecule has 1 amide bonds. The van der Waals surface area contributed by atoms with Crippen LogP contribution in [0.2, 0.25) is 5.15 Å². The van der Waals surface area contributed by atoms with Crippen LogP contribution in [0.15, 0.2) is 17.7 Å². The fraction of sp³-hybridized carbons (Fsp3) is 0.333. The Bertz CT molecular complexity index is 656. The number of hydrogen-bond donors (Lipinski definition) is 1. The van der Waals surface area contributed by atoms with Gasteiger partial charge in [-0.15, -0.1) is 11.3 Å². The molecular weight excluding hydrogens is 324 g/mol. The summed E-state index contributed by atoms with van der Waals surface area (Å²) < 4.78 is 26.5. The highest BCUT2D eigenvalue weighted by molar-refractivity contribution is 7.15. The first-order valence-electron chi connectivity index (χ1n) is 6.00. The molecule has 2 rings (SSSR count). The molecule has 9 heteroatoms. The highest BCUT2D eigenvalue weighted by atomic mass is 35.5. The fourth-order valence-corrected chi connectivity index (χ4v) is 2.77. The number of aromatic nitrogens is 2. The standard InChI is InChI=1S/C12H12ClF2N3O2S/c13-11-8(18-4-6-21-12(18)16-11)1-2-10(20)17(3-5-19)7-9(14)15/h1-2,4,6,9,19H,3,5,7H2/b2-1+. The average Bonchev–Trinajstić information content (AvgIpc) is 2.96. The van der Waals surface area contributed by atoms with Crippen molar-refractivity contribution in [3.05, 3.63) is 28.5 Å². The average molecular weight is 336 g/mol. The highest BCUT2D eigenvalue weighted by Crippen LogP contribution is 2.22. The predicted molar refractivity (Wildman–Crippen MR) is 76.8 cm³/mol. The third kappa shape index (κ3) is 3.78. The summed E-state index contributed by atoms with van der Waals surface area (Å²) in [6.07, 6.45) is 1.66. The van der Waals surface area contributed by atoms with Crippen molar-refractivity contribution in [2.45, 2.75) is 6.43 Å². The molecule has 21 heavy (non-hydrogen) atoms. The zero-order valence-electron chi connectivity index (χ0n) is 10.7. The first kappa shape index (κ1) is 15.9. The molecule has 2 aromatic rings. The largest absolute Gasteiger partial charge is 0.395 e. The van der Waals surface area contributed by atoms with Crippen LogP contribution < -0.4 is 0 Å². The Morgan fingerprint density at radius 2 is 2.38 bits per heavy atom. The Balaban J connectivity index is 2.16. The molecule has 0 unspecified atom stereocenters. The molecule has 0 atom stereocenters. The lowest BCUT2D eigenvalue weighted by Gasteiger charge is -2.19. The van der Waals surface area contributed by atoms with Crippen molar-refractivity contribution < 1.29 is 18.7 Å². The third-order valence-corrected chi connectivity index (χ3v) is 3.71. The summed E-state index contributed by atoms with van der Waals surface area (Å²) in [7, 11) is 0. The fourth-order valence-electron chi connectivity index (χ4n) is 1.76. The summed E-state index contributed by atoms with van der Waals surface area (Å²) in [5.41, 5.74) is 0.502. The van der Waals surface area contributed by atoms with E-state index in [1.165, 1.54) is 17.4 Å². The number of nitrogens with zero attached hydrogens (tertiary/aromatic N) is 3. The maximum absolute atomic E-state index is 12.4. The number of carbonyl (C=O) groups is 1. The molecule has 0 aliphatic rings. The molecule has 2 heterocycles. The molecule has 0 spiro atoms. The van der Waals surface area contributed by atoms with E-state index in [4.69, 9.17) is 16.7 Å². The maximum Gasteiger partial charge on any atom is 0.255 e. The summed E-state index contributed by atoms with van der Waals surface area (Å²) in [4.78, 5) is 17.5. The van der Waals surface area contributed by atoms with E-state index < -0.39 is 18.9 Å². The van der Waals surface area contributed by atoms with E-state index in [0.717, 1.165) is 11.0 Å². The van der Waals surface area contributed by atoms with Crippen LogP contribution in [-0.4, -0.2) is 51.4 Å². The zero-order chi connectivity index (χ0) is 15.4. The molecule has 0 bridgehead atoms. The Morgan fingerprint density at radius 1 is 1.62 bits per heavy atom. The Labute approximate surface area is 128 Å². The molecule has 0 saturated heterocycles. The topological polar surface area (TPSA) is 57.8 Å². The molecule has 0 radical (unpaired) electrons. The second kappa shape index (κ2) is 6.97. The second-order valence-electron chi connectivity index (χ2n) is 4.08. The number of amides is 1. The normalized spacial score (nSPS) is 11.9. The number of fused-ring (bicyclic) bond motifs is 1. The Morgan fingerprint density at radius 3 is 3.05 bits per heavy atom. The van der Waals surface area contributed by atoms with Gasteiger partial charge in [-0.25, -0.2) is 13.8 Å². The van der Waals surface area contributed by atoms with Gasteiger partial charge in [0, 0.05) is 24.2 Å².